The highest BCUT2D eigenvalue weighted by atomic mass is 14.1. The first kappa shape index (κ1) is 24.8. The third-order valence-corrected chi connectivity index (χ3v) is 9.18. The van der Waals surface area contributed by atoms with Gasteiger partial charge in [-0.1, -0.05) is 133 Å². The highest BCUT2D eigenvalue weighted by Crippen LogP contribution is 2.37. The Morgan fingerprint density at radius 2 is 0.568 bits per heavy atom. The molecule has 9 aromatic rings. The minimum absolute atomic E-state index is 1.24. The smallest absolute Gasteiger partial charge is 0.00988 e. The predicted molar refractivity (Wildman–Crippen MR) is 190 cm³/mol. The maximum Gasteiger partial charge on any atom is -0.00988 e. The summed E-state index contributed by atoms with van der Waals surface area (Å²) in [7, 11) is 0. The average molecular weight is 557 g/mol. The third-order valence-electron chi connectivity index (χ3n) is 9.18. The lowest BCUT2D eigenvalue weighted by molar-refractivity contribution is 1.65. The van der Waals surface area contributed by atoms with Crippen LogP contribution in [0, 0.1) is 0 Å². The van der Waals surface area contributed by atoms with Gasteiger partial charge in [-0.2, -0.15) is 0 Å². The predicted octanol–water partition coefficient (Wildman–Crippen LogP) is 12.5. The SMILES string of the molecule is c1ccc2cc(-c3ccc4cc(-c5ccc6cc(-c7cc8ccccc8c8ccccc78)ccc6c5)ccc4c3)ccc2c1. The molecule has 0 nitrogen and oxygen atoms in total. The van der Waals surface area contributed by atoms with E-state index in [-0.39, 0.29) is 0 Å². The van der Waals surface area contributed by atoms with E-state index in [0.29, 0.717) is 0 Å². The lowest BCUT2D eigenvalue weighted by Gasteiger charge is -2.12. The van der Waals surface area contributed by atoms with Crippen LogP contribution in [0.5, 0.6) is 0 Å². The summed E-state index contributed by atoms with van der Waals surface area (Å²) < 4.78 is 0. The molecule has 0 radical (unpaired) electrons. The van der Waals surface area contributed by atoms with Gasteiger partial charge in [-0.05, 0) is 124 Å². The average Bonchev–Trinajstić information content (AvgIpc) is 3.10. The van der Waals surface area contributed by atoms with Crippen LogP contribution in [0.2, 0.25) is 0 Å². The van der Waals surface area contributed by atoms with Crippen molar-refractivity contribution in [2.45, 2.75) is 0 Å². The van der Waals surface area contributed by atoms with Crippen LogP contribution in [-0.4, -0.2) is 0 Å². The topological polar surface area (TPSA) is 0 Å². The van der Waals surface area contributed by atoms with E-state index in [1.807, 2.05) is 0 Å². The Morgan fingerprint density at radius 1 is 0.205 bits per heavy atom. The van der Waals surface area contributed by atoms with Crippen molar-refractivity contribution in [3.8, 4) is 33.4 Å². The molecule has 0 spiro atoms. The van der Waals surface area contributed by atoms with Gasteiger partial charge >= 0.3 is 0 Å². The molecule has 9 rings (SSSR count). The molecule has 0 saturated heterocycles. The molecular formula is C44H28. The van der Waals surface area contributed by atoms with Crippen LogP contribution in [0.3, 0.4) is 0 Å². The molecule has 44 heavy (non-hydrogen) atoms. The second-order valence-electron chi connectivity index (χ2n) is 11.8. The van der Waals surface area contributed by atoms with Crippen LogP contribution >= 0.6 is 0 Å². The first-order valence-corrected chi connectivity index (χ1v) is 15.2. The number of hydrogen-bond acceptors (Lipinski definition) is 0. The summed E-state index contributed by atoms with van der Waals surface area (Å²) in [5.74, 6) is 0. The van der Waals surface area contributed by atoms with E-state index < -0.39 is 0 Å². The molecule has 0 unspecified atom stereocenters. The van der Waals surface area contributed by atoms with Gasteiger partial charge in [0.15, 0.2) is 0 Å². The van der Waals surface area contributed by atoms with Crippen molar-refractivity contribution in [1.29, 1.82) is 0 Å². The quantitative estimate of drug-likeness (QED) is 0.190. The first-order chi connectivity index (χ1) is 21.8. The van der Waals surface area contributed by atoms with E-state index in [1.165, 1.54) is 87.2 Å². The van der Waals surface area contributed by atoms with Crippen molar-refractivity contribution in [2.24, 2.45) is 0 Å². The van der Waals surface area contributed by atoms with Gasteiger partial charge in [0.1, 0.15) is 0 Å². The maximum atomic E-state index is 2.34. The largest absolute Gasteiger partial charge is 0.0616 e. The van der Waals surface area contributed by atoms with Crippen molar-refractivity contribution in [1.82, 2.24) is 0 Å². The second-order valence-corrected chi connectivity index (χ2v) is 11.8. The lowest BCUT2D eigenvalue weighted by atomic mass is 9.91. The Balaban J connectivity index is 1.07. The monoisotopic (exact) mass is 556 g/mol. The van der Waals surface area contributed by atoms with Crippen molar-refractivity contribution in [3.63, 3.8) is 0 Å². The summed E-state index contributed by atoms with van der Waals surface area (Å²) in [4.78, 5) is 0. The fourth-order valence-corrected chi connectivity index (χ4v) is 6.86. The normalized spacial score (nSPS) is 11.6. The molecule has 0 aliphatic carbocycles. The molecule has 9 aromatic carbocycles. The zero-order valence-corrected chi connectivity index (χ0v) is 24.2. The Labute approximate surface area is 256 Å². The van der Waals surface area contributed by atoms with Crippen molar-refractivity contribution in [2.75, 3.05) is 0 Å². The van der Waals surface area contributed by atoms with Gasteiger partial charge in [0, 0.05) is 0 Å². The fraction of sp³-hybridized carbons (Fsp3) is 0. The minimum atomic E-state index is 1.24. The third kappa shape index (κ3) is 4.15. The van der Waals surface area contributed by atoms with E-state index in [4.69, 9.17) is 0 Å². The summed E-state index contributed by atoms with van der Waals surface area (Å²) in [6.45, 7) is 0. The number of fused-ring (bicyclic) bond motifs is 6. The lowest BCUT2D eigenvalue weighted by Crippen LogP contribution is -1.86. The van der Waals surface area contributed by atoms with Crippen molar-refractivity contribution < 1.29 is 0 Å². The van der Waals surface area contributed by atoms with Gasteiger partial charge in [-0.25, -0.2) is 0 Å². The molecule has 0 aromatic heterocycles. The molecule has 0 heterocycles. The van der Waals surface area contributed by atoms with Crippen molar-refractivity contribution in [3.05, 3.63) is 170 Å². The molecule has 0 amide bonds. The van der Waals surface area contributed by atoms with E-state index >= 15 is 0 Å². The fourth-order valence-electron chi connectivity index (χ4n) is 6.86. The van der Waals surface area contributed by atoms with Crippen molar-refractivity contribution >= 4 is 53.9 Å². The second kappa shape index (κ2) is 9.93. The summed E-state index contributed by atoms with van der Waals surface area (Å²) in [5.41, 5.74) is 7.50. The Hall–Kier alpha value is -5.72. The van der Waals surface area contributed by atoms with Gasteiger partial charge in [-0.15, -0.1) is 0 Å². The van der Waals surface area contributed by atoms with Crippen LogP contribution in [0.25, 0.3) is 87.2 Å². The molecule has 0 heteroatoms. The van der Waals surface area contributed by atoms with Crippen LogP contribution in [0.15, 0.2) is 170 Å². The molecule has 0 aliphatic rings. The molecule has 0 saturated carbocycles. The molecule has 0 aliphatic heterocycles. The van der Waals surface area contributed by atoms with Crippen LogP contribution < -0.4 is 0 Å². The highest BCUT2D eigenvalue weighted by molar-refractivity contribution is 6.14. The van der Waals surface area contributed by atoms with Gasteiger partial charge in [-0.3, -0.25) is 0 Å². The zero-order valence-electron chi connectivity index (χ0n) is 24.2. The summed E-state index contributed by atoms with van der Waals surface area (Å²) >= 11 is 0. The Morgan fingerprint density at radius 3 is 1.14 bits per heavy atom. The zero-order chi connectivity index (χ0) is 29.0. The summed E-state index contributed by atoms with van der Waals surface area (Å²) in [5, 5.41) is 12.7. The molecule has 204 valence electrons. The Bertz CT molecular complexity index is 2550. The van der Waals surface area contributed by atoms with Crippen LogP contribution in [0.1, 0.15) is 0 Å². The summed E-state index contributed by atoms with van der Waals surface area (Å²) in [6, 6.07) is 62.4. The molecule has 0 atom stereocenters. The summed E-state index contributed by atoms with van der Waals surface area (Å²) in [6.07, 6.45) is 0. The molecule has 0 fully saturated rings. The maximum absolute atomic E-state index is 2.34. The van der Waals surface area contributed by atoms with E-state index in [9.17, 15) is 0 Å². The van der Waals surface area contributed by atoms with Gasteiger partial charge < -0.3 is 0 Å². The van der Waals surface area contributed by atoms with E-state index in [2.05, 4.69) is 170 Å². The minimum Gasteiger partial charge on any atom is -0.0616 e. The van der Waals surface area contributed by atoms with Crippen LogP contribution in [-0.2, 0) is 0 Å². The molecule has 0 N–H and O–H groups in total. The number of rotatable bonds is 3. The standard InChI is InChI=1S/C44H28/c1-2-8-30-23-31(14-13-29(30)7-1)32-15-16-34-25-35(18-17-33(34)24-32)36-19-20-38-27-40(22-21-37(38)26-36)44-28-39-9-3-4-10-41(39)42-11-5-6-12-43(42)44/h1-28H. The highest BCUT2D eigenvalue weighted by Gasteiger charge is 2.10. The Kier molecular flexibility index (Phi) is 5.61. The van der Waals surface area contributed by atoms with Crippen LogP contribution in [0.4, 0.5) is 0 Å². The van der Waals surface area contributed by atoms with Gasteiger partial charge in [0.25, 0.3) is 0 Å². The first-order valence-electron chi connectivity index (χ1n) is 15.2. The number of benzene rings is 9. The van der Waals surface area contributed by atoms with E-state index in [1.54, 1.807) is 0 Å². The van der Waals surface area contributed by atoms with Gasteiger partial charge in [0.05, 0.1) is 0 Å². The number of hydrogen-bond donors (Lipinski definition) is 0. The van der Waals surface area contributed by atoms with Gasteiger partial charge in [0.2, 0.25) is 0 Å². The van der Waals surface area contributed by atoms with E-state index in [0.717, 1.165) is 0 Å². The molecular weight excluding hydrogens is 528 g/mol. The molecule has 0 bridgehead atoms.